The molecular weight excluding hydrogens is 280 g/mol. The highest BCUT2D eigenvalue weighted by atomic mass is 35.5. The van der Waals surface area contributed by atoms with Crippen molar-refractivity contribution in [3.63, 3.8) is 0 Å². The molecule has 98 valence electrons. The minimum atomic E-state index is 0.460. The van der Waals surface area contributed by atoms with Crippen molar-refractivity contribution < 1.29 is 4.74 Å². The van der Waals surface area contributed by atoms with Gasteiger partial charge in [-0.1, -0.05) is 0 Å². The first-order valence-electron chi connectivity index (χ1n) is 6.06. The first-order valence-corrected chi connectivity index (χ1v) is 7.48. The summed E-state index contributed by atoms with van der Waals surface area (Å²) in [5.74, 6) is 1.35. The number of alkyl halides is 1. The van der Waals surface area contributed by atoms with Gasteiger partial charge in [-0.05, 0) is 36.8 Å². The third-order valence-electron chi connectivity index (χ3n) is 2.92. The zero-order valence-electron chi connectivity index (χ0n) is 10.5. The van der Waals surface area contributed by atoms with Crippen LogP contribution < -0.4 is 4.74 Å². The number of aromatic nitrogens is 2. The number of rotatable bonds is 4. The number of imidazole rings is 1. The van der Waals surface area contributed by atoms with E-state index in [0.717, 1.165) is 27.7 Å². The van der Waals surface area contributed by atoms with Gasteiger partial charge in [0.1, 0.15) is 5.75 Å². The van der Waals surface area contributed by atoms with Crippen LogP contribution in [0.15, 0.2) is 35.8 Å². The monoisotopic (exact) mass is 292 g/mol. The summed E-state index contributed by atoms with van der Waals surface area (Å²) >= 11 is 7.58. The summed E-state index contributed by atoms with van der Waals surface area (Å²) in [4.78, 5) is 5.33. The van der Waals surface area contributed by atoms with Crippen molar-refractivity contribution >= 4 is 27.9 Å². The molecule has 19 heavy (non-hydrogen) atoms. The normalized spacial score (nSPS) is 11.1. The Hall–Kier alpha value is -1.52. The van der Waals surface area contributed by atoms with Gasteiger partial charge in [0, 0.05) is 5.38 Å². The van der Waals surface area contributed by atoms with Gasteiger partial charge in [-0.15, -0.1) is 22.9 Å². The summed E-state index contributed by atoms with van der Waals surface area (Å²) in [5.41, 5.74) is 3.28. The highest BCUT2D eigenvalue weighted by molar-refractivity contribution is 7.15. The van der Waals surface area contributed by atoms with Gasteiger partial charge in [0.2, 0.25) is 0 Å². The summed E-state index contributed by atoms with van der Waals surface area (Å²) < 4.78 is 7.56. The summed E-state index contributed by atoms with van der Waals surface area (Å²) in [5, 5.41) is 2.11. The zero-order chi connectivity index (χ0) is 13.2. The van der Waals surface area contributed by atoms with Gasteiger partial charge in [-0.2, -0.15) is 0 Å². The molecule has 2 aromatic heterocycles. The third-order valence-corrected chi connectivity index (χ3v) is 4.03. The van der Waals surface area contributed by atoms with Crippen LogP contribution in [0, 0.1) is 0 Å². The van der Waals surface area contributed by atoms with E-state index < -0.39 is 0 Å². The van der Waals surface area contributed by atoms with E-state index in [1.165, 1.54) is 0 Å². The fraction of sp³-hybridized carbons (Fsp3) is 0.214. The minimum absolute atomic E-state index is 0.460. The van der Waals surface area contributed by atoms with Gasteiger partial charge in [-0.3, -0.25) is 4.40 Å². The molecule has 0 unspecified atom stereocenters. The molecule has 0 fully saturated rings. The molecule has 5 heteroatoms. The predicted octanol–water partition coefficient (Wildman–Crippen LogP) is 4.20. The van der Waals surface area contributed by atoms with Crippen LogP contribution in [0.5, 0.6) is 5.75 Å². The lowest BCUT2D eigenvalue weighted by atomic mass is 10.1. The largest absolute Gasteiger partial charge is 0.494 e. The Labute approximate surface area is 120 Å². The molecule has 0 aliphatic carbocycles. The Morgan fingerprint density at radius 2 is 2.11 bits per heavy atom. The second-order valence-corrected chi connectivity index (χ2v) is 5.18. The topological polar surface area (TPSA) is 26.5 Å². The third kappa shape index (κ3) is 2.22. The van der Waals surface area contributed by atoms with Crippen molar-refractivity contribution in [2.75, 3.05) is 6.61 Å². The Balaban J connectivity index is 2.05. The number of fused-ring (bicyclic) bond motifs is 1. The van der Waals surface area contributed by atoms with Crippen molar-refractivity contribution in [1.82, 2.24) is 9.38 Å². The van der Waals surface area contributed by atoms with Crippen LogP contribution in [-0.4, -0.2) is 16.0 Å². The van der Waals surface area contributed by atoms with E-state index in [-0.39, 0.29) is 0 Å². The Kier molecular flexibility index (Phi) is 3.44. The van der Waals surface area contributed by atoms with Gasteiger partial charge >= 0.3 is 0 Å². The molecule has 3 nitrogen and oxygen atoms in total. The van der Waals surface area contributed by atoms with Crippen LogP contribution in [0.1, 0.15) is 12.6 Å². The molecule has 0 aliphatic rings. The lowest BCUT2D eigenvalue weighted by Crippen LogP contribution is -1.92. The number of hydrogen-bond acceptors (Lipinski definition) is 3. The van der Waals surface area contributed by atoms with Crippen LogP contribution in [0.2, 0.25) is 0 Å². The van der Waals surface area contributed by atoms with Crippen LogP contribution in [-0.2, 0) is 5.88 Å². The average Bonchev–Trinajstić information content (AvgIpc) is 3.01. The Morgan fingerprint density at radius 3 is 2.79 bits per heavy atom. The summed E-state index contributed by atoms with van der Waals surface area (Å²) in [7, 11) is 0. The van der Waals surface area contributed by atoms with Crippen LogP contribution in [0.4, 0.5) is 0 Å². The molecule has 0 spiro atoms. The molecule has 2 heterocycles. The molecule has 0 saturated heterocycles. The van der Waals surface area contributed by atoms with Crippen molar-refractivity contribution in [3.8, 4) is 17.0 Å². The minimum Gasteiger partial charge on any atom is -0.494 e. The molecular formula is C14H13ClN2OS. The van der Waals surface area contributed by atoms with Crippen LogP contribution in [0.25, 0.3) is 16.2 Å². The Bertz CT molecular complexity index is 687. The average molecular weight is 293 g/mol. The molecule has 0 amide bonds. The summed E-state index contributed by atoms with van der Waals surface area (Å²) in [6.07, 6.45) is 1.83. The molecule has 3 aromatic rings. The maximum absolute atomic E-state index is 5.95. The molecule has 0 bridgehead atoms. The smallest absolute Gasteiger partial charge is 0.194 e. The van der Waals surface area contributed by atoms with Crippen LogP contribution >= 0.6 is 22.9 Å². The molecule has 0 atom stereocenters. The summed E-state index contributed by atoms with van der Waals surface area (Å²) in [6, 6.07) is 8.09. The number of halogens is 1. The predicted molar refractivity (Wildman–Crippen MR) is 79.2 cm³/mol. The quantitative estimate of drug-likeness (QED) is 0.674. The maximum Gasteiger partial charge on any atom is 0.194 e. The van der Waals surface area contributed by atoms with E-state index in [2.05, 4.69) is 26.9 Å². The van der Waals surface area contributed by atoms with E-state index in [1.807, 2.05) is 25.3 Å². The molecule has 1 aromatic carbocycles. The van der Waals surface area contributed by atoms with E-state index in [9.17, 15) is 0 Å². The first kappa shape index (κ1) is 12.5. The zero-order valence-corrected chi connectivity index (χ0v) is 12.0. The van der Waals surface area contributed by atoms with Crippen molar-refractivity contribution in [2.24, 2.45) is 0 Å². The van der Waals surface area contributed by atoms with Gasteiger partial charge in [0.25, 0.3) is 0 Å². The molecule has 0 radical (unpaired) electrons. The van der Waals surface area contributed by atoms with E-state index in [1.54, 1.807) is 11.3 Å². The highest BCUT2D eigenvalue weighted by Gasteiger charge is 2.11. The van der Waals surface area contributed by atoms with Crippen molar-refractivity contribution in [3.05, 3.63) is 41.5 Å². The molecule has 3 rings (SSSR count). The number of hydrogen-bond donors (Lipinski definition) is 0. The number of benzene rings is 1. The van der Waals surface area contributed by atoms with E-state index in [0.29, 0.717) is 12.5 Å². The van der Waals surface area contributed by atoms with Gasteiger partial charge in [0.05, 0.1) is 30.1 Å². The second kappa shape index (κ2) is 5.23. The Morgan fingerprint density at radius 1 is 1.32 bits per heavy atom. The number of thiazole rings is 1. The van der Waals surface area contributed by atoms with E-state index >= 15 is 0 Å². The second-order valence-electron chi connectivity index (χ2n) is 4.08. The standard InChI is InChI=1S/C14H13ClN2OS/c1-2-18-12-5-3-10(4-6-12)13-9-19-14-16-8-11(7-15)17(13)14/h3-6,8-9H,2,7H2,1H3. The van der Waals surface area contributed by atoms with Crippen molar-refractivity contribution in [1.29, 1.82) is 0 Å². The lowest BCUT2D eigenvalue weighted by Gasteiger charge is -2.05. The van der Waals surface area contributed by atoms with Gasteiger partial charge < -0.3 is 4.74 Å². The SMILES string of the molecule is CCOc1ccc(-c2csc3ncc(CCl)n23)cc1. The molecule has 0 saturated carbocycles. The van der Waals surface area contributed by atoms with Gasteiger partial charge in [0.15, 0.2) is 4.96 Å². The van der Waals surface area contributed by atoms with Crippen LogP contribution in [0.3, 0.4) is 0 Å². The molecule has 0 aliphatic heterocycles. The fourth-order valence-electron chi connectivity index (χ4n) is 2.05. The van der Waals surface area contributed by atoms with Crippen molar-refractivity contribution in [2.45, 2.75) is 12.8 Å². The fourth-order valence-corrected chi connectivity index (χ4v) is 3.13. The lowest BCUT2D eigenvalue weighted by molar-refractivity contribution is 0.340. The first-order chi connectivity index (χ1) is 9.33. The van der Waals surface area contributed by atoms with Gasteiger partial charge in [-0.25, -0.2) is 4.98 Å². The highest BCUT2D eigenvalue weighted by Crippen LogP contribution is 2.29. The summed E-state index contributed by atoms with van der Waals surface area (Å²) in [6.45, 7) is 2.66. The maximum atomic E-state index is 5.95. The number of ether oxygens (including phenoxy) is 1. The number of nitrogens with zero attached hydrogens (tertiary/aromatic N) is 2. The molecule has 0 N–H and O–H groups in total. The van der Waals surface area contributed by atoms with E-state index in [4.69, 9.17) is 16.3 Å².